The van der Waals surface area contributed by atoms with E-state index in [1.807, 2.05) is 0 Å². The van der Waals surface area contributed by atoms with Crippen LogP contribution in [0.15, 0.2) is 36.5 Å². The Kier molecular flexibility index (Phi) is 86.9. The van der Waals surface area contributed by atoms with E-state index in [-0.39, 0.29) is 78.9 Å². The number of hydrogen-bond donors (Lipinski definition) is 0. The van der Waals surface area contributed by atoms with E-state index in [9.17, 15) is 0 Å². The minimum Gasteiger partial charge on any atom is -0.153 e. The molecule has 0 spiro atoms. The van der Waals surface area contributed by atoms with E-state index in [1.165, 1.54) is 193 Å². The summed E-state index contributed by atoms with van der Waals surface area (Å²) in [7, 11) is 0. The van der Waals surface area contributed by atoms with Crippen LogP contribution in [0.1, 0.15) is 222 Å². The van der Waals surface area contributed by atoms with Crippen LogP contribution in [-0.4, -0.2) is 0 Å². The molecule has 44 heavy (non-hydrogen) atoms. The second-order valence-corrected chi connectivity index (χ2v) is 11.7. The maximum atomic E-state index is 2.12. The Morgan fingerprint density at radius 2 is 0.227 bits per heavy atom. The summed E-state index contributed by atoms with van der Waals surface area (Å²) >= 11 is 0. The molecule has 9 saturated carbocycles. The maximum absolute atomic E-state index is 2.12. The van der Waals surface area contributed by atoms with Gasteiger partial charge in [0.1, 0.15) is 0 Å². The normalized spacial score (nSPS) is 18.5. The molecule has 284 valence electrons. The van der Waals surface area contributed by atoms with Gasteiger partial charge in [0.15, 0.2) is 0 Å². The van der Waals surface area contributed by atoms with Gasteiger partial charge in [-0.05, 0) is 19.3 Å². The number of hydrogen-bond acceptors (Lipinski definition) is 0. The van der Waals surface area contributed by atoms with Crippen molar-refractivity contribution in [1.29, 1.82) is 0 Å². The quantitative estimate of drug-likeness (QED) is 0.172. The molecule has 12 rings (SSSR count). The molecular weight excluding hydrogens is 623 g/mol. The molecule has 0 heterocycles. The summed E-state index contributed by atoms with van der Waals surface area (Å²) in [5, 5.41) is 0. The molecule has 0 radical (unpaired) electrons. The summed E-state index contributed by atoms with van der Waals surface area (Å²) in [4.78, 5) is 0. The van der Waals surface area contributed by atoms with Crippen molar-refractivity contribution in [1.82, 2.24) is 0 Å². The molecule has 0 saturated heterocycles. The van der Waals surface area contributed by atoms with E-state index in [4.69, 9.17) is 0 Å². The molecule has 0 aromatic carbocycles. The molecule has 5 atom stereocenters. The lowest BCUT2D eigenvalue weighted by Crippen LogP contribution is -0.956. The fraction of sp³-hybridized carbons (Fsp3) is 0.846. The molecule has 5 unspecified atom stereocenters. The average molecular weight is 737 g/mol. The van der Waals surface area contributed by atoms with Crippen molar-refractivity contribution in [2.75, 3.05) is 0 Å². The smallest absolute Gasteiger partial charge is 0 e. The van der Waals surface area contributed by atoms with E-state index in [0.29, 0.717) is 0 Å². The molecule has 0 bridgehead atoms. The van der Waals surface area contributed by atoms with Crippen molar-refractivity contribution in [3.8, 4) is 0 Å². The zero-order chi connectivity index (χ0) is 25.5. The highest BCUT2D eigenvalue weighted by atomic mass is 31.0. The Morgan fingerprint density at radius 3 is 0.227 bits per heavy atom. The van der Waals surface area contributed by atoms with Crippen molar-refractivity contribution in [3.05, 3.63) is 36.5 Å². The minimum atomic E-state index is 0. The van der Waals surface area contributed by atoms with Gasteiger partial charge in [-0.3, -0.25) is 0 Å². The SMILES string of the molecule is C.C.C.C1=CC1.C1=CC1.C1=CC1.C1CC1.C1CC1.C1CC1.C1CC1.C1CC1.C1CC1.C1CC1.C1CC1.C1CC1.P.P.P.P.P.[3HH].[3HH].[3HH].[3HH].[3HH]. The van der Waals surface area contributed by atoms with Crippen molar-refractivity contribution in [3.63, 3.8) is 0 Å². The zero-order valence-electron chi connectivity index (χ0n) is 28.2. The van der Waals surface area contributed by atoms with E-state index in [2.05, 4.69) is 36.5 Å². The monoisotopic (exact) mass is 737 g/mol. The highest BCUT2D eigenvalue weighted by Gasteiger charge is 1.97. The molecule has 0 N–H and O–H groups in total. The van der Waals surface area contributed by atoms with Gasteiger partial charge in [-0.2, -0.15) is 49.5 Å². The fourth-order valence-electron chi connectivity index (χ4n) is 0. The van der Waals surface area contributed by atoms with Crippen molar-refractivity contribution >= 4 is 49.5 Å². The van der Waals surface area contributed by atoms with Crippen LogP contribution in [0.25, 0.3) is 0 Å². The van der Waals surface area contributed by atoms with Crippen LogP contribution in [0.3, 0.4) is 0 Å². The first-order chi connectivity index (χ1) is 18.0. The van der Waals surface area contributed by atoms with E-state index < -0.39 is 0 Å². The summed E-state index contributed by atoms with van der Waals surface area (Å²) in [6.07, 6.45) is 57.0. The lowest BCUT2D eigenvalue weighted by atomic mass is 10.9. The molecule has 0 aromatic rings. The molecule has 12 aliphatic rings. The Balaban J connectivity index is -0.0000000256. The van der Waals surface area contributed by atoms with Gasteiger partial charge < -0.3 is 0 Å². The number of rotatable bonds is 0. The van der Waals surface area contributed by atoms with Gasteiger partial charge in [-0.1, -0.05) is 232 Å². The Morgan fingerprint density at radius 1 is 0.182 bits per heavy atom. The highest BCUT2D eigenvalue weighted by Crippen LogP contribution is 2.17. The van der Waals surface area contributed by atoms with Crippen molar-refractivity contribution in [2.45, 2.75) is 215 Å². The van der Waals surface area contributed by atoms with E-state index in [0.717, 1.165) is 0 Å². The Hall–Kier alpha value is 1.37. The first-order valence-corrected chi connectivity index (χ1v) is 16.9. The van der Waals surface area contributed by atoms with Crippen molar-refractivity contribution < 1.29 is 7.13 Å². The summed E-state index contributed by atoms with van der Waals surface area (Å²) < 4.78 is 0. The van der Waals surface area contributed by atoms with Gasteiger partial charge in [0.05, 0.1) is 0 Å². The summed E-state index contributed by atoms with van der Waals surface area (Å²) in [5.74, 6) is 0. The minimum absolute atomic E-state index is 0. The highest BCUT2D eigenvalue weighted by molar-refractivity contribution is 6.92. The molecule has 0 nitrogen and oxygen atoms in total. The third kappa shape index (κ3) is 436. The van der Waals surface area contributed by atoms with Crippen LogP contribution in [-0.2, 0) is 0 Å². The standard InChI is InChI=1S/9C3H6.3C3H4.3CH4.5H3P.5H2/c12*1-2-3-1;;;;;;;;;;;;;/h9*1-3H2;3*1-2H,3H2;3*1H4;5*1H3;5*1H/i;;;;;;;;;;;;;;;;;;;;5*1+2. The molecule has 0 aromatic heterocycles. The maximum Gasteiger partial charge on any atom is 0 e. The van der Waals surface area contributed by atoms with Gasteiger partial charge in [0.25, 0.3) is 0 Å². The Bertz CT molecular complexity index is 359. The predicted octanol–water partition coefficient (Wildman–Crippen LogP) is 16.8. The van der Waals surface area contributed by atoms with Crippen LogP contribution in [0.5, 0.6) is 0 Å². The van der Waals surface area contributed by atoms with Gasteiger partial charge in [0, 0.05) is 7.13 Å². The molecule has 0 amide bonds. The largest absolute Gasteiger partial charge is 0.153 e. The van der Waals surface area contributed by atoms with E-state index in [1.54, 1.807) is 0 Å². The van der Waals surface area contributed by atoms with Gasteiger partial charge in [0.2, 0.25) is 0 Å². The third-order valence-corrected chi connectivity index (χ3v) is 3.89. The topological polar surface area (TPSA) is 0 Å². The van der Waals surface area contributed by atoms with Crippen molar-refractivity contribution in [2.24, 2.45) is 0 Å². The van der Waals surface area contributed by atoms with Crippen LogP contribution < -0.4 is 0 Å². The summed E-state index contributed by atoms with van der Waals surface area (Å²) in [6.45, 7) is 0. The Labute approximate surface area is 307 Å². The zero-order valence-corrected chi connectivity index (χ0v) is 35.3. The first kappa shape index (κ1) is 64.0. The molecular formula is C39H103P5. The molecule has 9 fully saturated rings. The molecule has 5 heteroatoms. The van der Waals surface area contributed by atoms with Gasteiger partial charge in [-0.15, -0.1) is 0 Å². The second kappa shape index (κ2) is 59.8. The number of allylic oxidation sites excluding steroid dienone is 6. The predicted molar refractivity (Wildman–Crippen MR) is 252 cm³/mol. The third-order valence-electron chi connectivity index (χ3n) is 3.89. The second-order valence-electron chi connectivity index (χ2n) is 11.7. The summed E-state index contributed by atoms with van der Waals surface area (Å²) in [6, 6.07) is 0. The summed E-state index contributed by atoms with van der Waals surface area (Å²) in [5.41, 5.74) is 0. The van der Waals surface area contributed by atoms with Crippen LogP contribution in [0.2, 0.25) is 0 Å². The van der Waals surface area contributed by atoms with Crippen LogP contribution >= 0.6 is 49.5 Å². The van der Waals surface area contributed by atoms with Crippen LogP contribution in [0.4, 0.5) is 0 Å². The van der Waals surface area contributed by atoms with Crippen LogP contribution in [0, 0.1) is 0 Å². The fourth-order valence-corrected chi connectivity index (χ4v) is 0. The lowest BCUT2D eigenvalue weighted by molar-refractivity contribution is 1.50. The first-order valence-electron chi connectivity index (χ1n) is 16.9. The lowest BCUT2D eigenvalue weighted by Gasteiger charge is -1.15. The van der Waals surface area contributed by atoms with E-state index >= 15 is 0 Å². The average Bonchev–Trinajstić information content (AvgIpc) is 3.89. The van der Waals surface area contributed by atoms with Gasteiger partial charge >= 0.3 is 0 Å². The molecule has 0 aliphatic heterocycles. The molecule has 12 aliphatic carbocycles. The van der Waals surface area contributed by atoms with Gasteiger partial charge in [-0.25, -0.2) is 0 Å².